The van der Waals surface area contributed by atoms with Crippen LogP contribution in [0.15, 0.2) is 97.3 Å². The van der Waals surface area contributed by atoms with Gasteiger partial charge in [-0.3, -0.25) is 9.78 Å². The van der Waals surface area contributed by atoms with E-state index in [9.17, 15) is 9.90 Å². The molecule has 0 bridgehead atoms. The summed E-state index contributed by atoms with van der Waals surface area (Å²) in [6.07, 6.45) is 6.45. The van der Waals surface area contributed by atoms with E-state index < -0.39 is 6.29 Å². The van der Waals surface area contributed by atoms with Gasteiger partial charge in [0.25, 0.3) is 5.91 Å². The Hall–Kier alpha value is -3.88. The van der Waals surface area contributed by atoms with Crippen molar-refractivity contribution >= 4 is 5.91 Å². The van der Waals surface area contributed by atoms with E-state index in [0.29, 0.717) is 12.1 Å². The molecule has 0 saturated carbocycles. The Labute approximate surface area is 259 Å². The third-order valence-corrected chi connectivity index (χ3v) is 8.83. The van der Waals surface area contributed by atoms with Gasteiger partial charge < -0.3 is 24.8 Å². The van der Waals surface area contributed by atoms with Crippen molar-refractivity contribution in [2.24, 2.45) is 5.92 Å². The maximum Gasteiger partial charge on any atom is 0.253 e. The maximum absolute atomic E-state index is 12.5. The summed E-state index contributed by atoms with van der Waals surface area (Å²) in [7, 11) is 0. The Kier molecular flexibility index (Phi) is 9.78. The van der Waals surface area contributed by atoms with Gasteiger partial charge in [-0.2, -0.15) is 0 Å². The standard InChI is InChI=1S/C37H41N3O4/c1-26-34(24-40-19-3-2-4-20-40)43-37(44-35(26)30-12-10-27(25-41)11-13-30)31-16-14-29(15-17-31)32-8-5-7-28(21-32)22-39-36(42)33-9-6-18-38-23-33/h5-18,21,23,26,34-35,37,41H,2-4,19-20,22,24-25H2,1H3,(H,39,42)/t26-,34+,35+,37+/m1/s1. The second-order valence-electron chi connectivity index (χ2n) is 11.9. The molecular formula is C37H41N3O4. The fraction of sp³-hybridized carbons (Fsp3) is 0.351. The topological polar surface area (TPSA) is 83.9 Å². The first-order valence-corrected chi connectivity index (χ1v) is 15.7. The fourth-order valence-corrected chi connectivity index (χ4v) is 6.20. The molecule has 0 spiro atoms. The lowest BCUT2D eigenvalue weighted by Crippen LogP contribution is -2.45. The summed E-state index contributed by atoms with van der Waals surface area (Å²) < 4.78 is 13.4. The minimum Gasteiger partial charge on any atom is -0.392 e. The number of likely N-dealkylation sites (tertiary alicyclic amines) is 1. The van der Waals surface area contributed by atoms with Crippen molar-refractivity contribution in [1.82, 2.24) is 15.2 Å². The number of carbonyl (C=O) groups is 1. The predicted octanol–water partition coefficient (Wildman–Crippen LogP) is 6.45. The third kappa shape index (κ3) is 7.25. The number of rotatable bonds is 9. The molecule has 0 aliphatic carbocycles. The Bertz CT molecular complexity index is 1500. The number of hydrogen-bond donors (Lipinski definition) is 2. The molecule has 3 aromatic carbocycles. The summed E-state index contributed by atoms with van der Waals surface area (Å²) in [5.41, 5.74) is 6.71. The van der Waals surface area contributed by atoms with Gasteiger partial charge in [-0.1, -0.05) is 80.1 Å². The summed E-state index contributed by atoms with van der Waals surface area (Å²) in [6, 6.07) is 28.2. The average Bonchev–Trinajstić information content (AvgIpc) is 3.09. The van der Waals surface area contributed by atoms with E-state index >= 15 is 0 Å². The number of benzene rings is 3. The highest BCUT2D eigenvalue weighted by Crippen LogP contribution is 2.42. The largest absolute Gasteiger partial charge is 0.392 e. The first-order chi connectivity index (χ1) is 21.6. The molecule has 2 saturated heterocycles. The number of hydrogen-bond acceptors (Lipinski definition) is 6. The van der Waals surface area contributed by atoms with Gasteiger partial charge in [0.05, 0.1) is 24.4 Å². The highest BCUT2D eigenvalue weighted by Gasteiger charge is 2.39. The van der Waals surface area contributed by atoms with Crippen LogP contribution < -0.4 is 5.32 Å². The summed E-state index contributed by atoms with van der Waals surface area (Å²) in [5, 5.41) is 12.5. The number of amides is 1. The molecule has 4 atom stereocenters. The SMILES string of the molecule is C[C@@H]1[C@H](CN2CCCCC2)O[C@H](c2ccc(-c3cccc(CNC(=O)c4cccnc4)c3)cc2)O[C@@H]1c1ccc(CO)cc1. The predicted molar refractivity (Wildman–Crippen MR) is 171 cm³/mol. The Morgan fingerprint density at radius 2 is 1.66 bits per heavy atom. The maximum atomic E-state index is 12.5. The number of ether oxygens (including phenoxy) is 2. The molecule has 7 heteroatoms. The van der Waals surface area contributed by atoms with Gasteiger partial charge in [0.2, 0.25) is 0 Å². The van der Waals surface area contributed by atoms with E-state index in [-0.39, 0.29) is 30.6 Å². The van der Waals surface area contributed by atoms with Crippen molar-refractivity contribution in [3.05, 3.63) is 125 Å². The molecule has 4 aromatic rings. The minimum atomic E-state index is -0.480. The summed E-state index contributed by atoms with van der Waals surface area (Å²) in [6.45, 7) is 5.82. The normalized spacial score (nSPS) is 22.4. The van der Waals surface area contributed by atoms with Gasteiger partial charge in [0.15, 0.2) is 6.29 Å². The monoisotopic (exact) mass is 591 g/mol. The number of nitrogens with one attached hydrogen (secondary N) is 1. The van der Waals surface area contributed by atoms with Crippen LogP contribution in [-0.4, -0.2) is 46.6 Å². The van der Waals surface area contributed by atoms with Gasteiger partial charge in [-0.15, -0.1) is 0 Å². The molecule has 7 nitrogen and oxygen atoms in total. The van der Waals surface area contributed by atoms with Crippen LogP contribution in [0.4, 0.5) is 0 Å². The van der Waals surface area contributed by atoms with Crippen LogP contribution in [0, 0.1) is 5.92 Å². The molecule has 2 fully saturated rings. The van der Waals surface area contributed by atoms with Crippen LogP contribution in [0.5, 0.6) is 0 Å². The summed E-state index contributed by atoms with van der Waals surface area (Å²) in [5.74, 6) is 0.0321. The third-order valence-electron chi connectivity index (χ3n) is 8.83. The molecule has 1 amide bonds. The van der Waals surface area contributed by atoms with Crippen molar-refractivity contribution in [1.29, 1.82) is 0 Å². The highest BCUT2D eigenvalue weighted by atomic mass is 16.7. The Morgan fingerprint density at radius 1 is 0.886 bits per heavy atom. The fourth-order valence-electron chi connectivity index (χ4n) is 6.20. The molecular weight excluding hydrogens is 550 g/mol. The Balaban J connectivity index is 1.17. The second kappa shape index (κ2) is 14.3. The van der Waals surface area contributed by atoms with Crippen LogP contribution >= 0.6 is 0 Å². The summed E-state index contributed by atoms with van der Waals surface area (Å²) in [4.78, 5) is 19.0. The zero-order valence-corrected chi connectivity index (χ0v) is 25.3. The first kappa shape index (κ1) is 30.2. The molecule has 228 valence electrons. The van der Waals surface area contributed by atoms with E-state index in [1.807, 2.05) is 24.3 Å². The van der Waals surface area contributed by atoms with Gasteiger partial charge in [0.1, 0.15) is 0 Å². The van der Waals surface area contributed by atoms with Crippen molar-refractivity contribution in [3.63, 3.8) is 0 Å². The number of aliphatic hydroxyl groups is 1. The average molecular weight is 592 g/mol. The van der Waals surface area contributed by atoms with Gasteiger partial charge in [-0.05, 0) is 71.9 Å². The zero-order chi connectivity index (χ0) is 30.3. The van der Waals surface area contributed by atoms with Crippen LogP contribution in [0.3, 0.4) is 0 Å². The number of piperidine rings is 1. The van der Waals surface area contributed by atoms with E-state index in [1.54, 1.807) is 24.5 Å². The van der Waals surface area contributed by atoms with E-state index in [0.717, 1.165) is 53.0 Å². The lowest BCUT2D eigenvalue weighted by Gasteiger charge is -2.43. The molecule has 2 N–H and O–H groups in total. The molecule has 44 heavy (non-hydrogen) atoms. The molecule has 3 heterocycles. The molecule has 2 aliphatic heterocycles. The van der Waals surface area contributed by atoms with Gasteiger partial charge in [-0.25, -0.2) is 0 Å². The molecule has 0 radical (unpaired) electrons. The second-order valence-corrected chi connectivity index (χ2v) is 11.9. The molecule has 0 unspecified atom stereocenters. The highest BCUT2D eigenvalue weighted by molar-refractivity contribution is 5.93. The van der Waals surface area contributed by atoms with E-state index in [2.05, 4.69) is 70.7 Å². The van der Waals surface area contributed by atoms with Crippen LogP contribution in [0.2, 0.25) is 0 Å². The quantitative estimate of drug-likeness (QED) is 0.233. The Morgan fingerprint density at radius 3 is 2.39 bits per heavy atom. The van der Waals surface area contributed by atoms with Crippen molar-refractivity contribution in [3.8, 4) is 11.1 Å². The zero-order valence-electron chi connectivity index (χ0n) is 25.3. The van der Waals surface area contributed by atoms with Gasteiger partial charge in [0, 0.05) is 37.0 Å². The van der Waals surface area contributed by atoms with Gasteiger partial charge >= 0.3 is 0 Å². The van der Waals surface area contributed by atoms with Crippen molar-refractivity contribution in [2.45, 2.75) is 57.8 Å². The first-order valence-electron chi connectivity index (χ1n) is 15.7. The lowest BCUT2D eigenvalue weighted by molar-refractivity contribution is -0.276. The van der Waals surface area contributed by atoms with Crippen LogP contribution in [0.1, 0.15) is 71.2 Å². The number of carbonyl (C=O) groups excluding carboxylic acids is 1. The molecule has 2 aliphatic rings. The minimum absolute atomic E-state index is 0.0278. The number of aromatic nitrogens is 1. The van der Waals surface area contributed by atoms with E-state index in [1.165, 1.54) is 19.3 Å². The van der Waals surface area contributed by atoms with Crippen molar-refractivity contribution < 1.29 is 19.4 Å². The molecule has 1 aromatic heterocycles. The summed E-state index contributed by atoms with van der Waals surface area (Å²) >= 11 is 0. The van der Waals surface area contributed by atoms with E-state index in [4.69, 9.17) is 9.47 Å². The van der Waals surface area contributed by atoms with Crippen LogP contribution in [-0.2, 0) is 22.6 Å². The molecule has 6 rings (SSSR count). The lowest BCUT2D eigenvalue weighted by atomic mass is 9.89. The number of aliphatic hydroxyl groups excluding tert-OH is 1. The number of nitrogens with zero attached hydrogens (tertiary/aromatic N) is 2. The smallest absolute Gasteiger partial charge is 0.253 e. The van der Waals surface area contributed by atoms with Crippen molar-refractivity contribution in [2.75, 3.05) is 19.6 Å². The number of pyridine rings is 1. The van der Waals surface area contributed by atoms with Crippen LogP contribution in [0.25, 0.3) is 11.1 Å².